The smallest absolute Gasteiger partial charge is 0.229 e. The molecular weight excluding hydrogens is 288 g/mol. The van der Waals surface area contributed by atoms with Gasteiger partial charge in [0.15, 0.2) is 0 Å². The Kier molecular flexibility index (Phi) is 4.60. The number of carbonyl (C=O) groups excluding carboxylic acids is 2. The van der Waals surface area contributed by atoms with Gasteiger partial charge in [-0.3, -0.25) is 9.59 Å². The van der Waals surface area contributed by atoms with Crippen molar-refractivity contribution in [1.82, 2.24) is 0 Å². The van der Waals surface area contributed by atoms with Crippen molar-refractivity contribution in [3.8, 4) is 5.75 Å². The van der Waals surface area contributed by atoms with Crippen molar-refractivity contribution in [2.24, 2.45) is 5.92 Å². The molecule has 0 spiro atoms. The second-order valence-corrected chi connectivity index (χ2v) is 6.83. The van der Waals surface area contributed by atoms with E-state index in [-0.39, 0.29) is 17.6 Å². The van der Waals surface area contributed by atoms with Gasteiger partial charge in [-0.25, -0.2) is 0 Å². The predicted octanol–water partition coefficient (Wildman–Crippen LogP) is 4.33. The molecule has 0 saturated heterocycles. The van der Waals surface area contributed by atoms with Crippen LogP contribution in [-0.2, 0) is 9.59 Å². The number of phenolic OH excluding ortho intramolecular Hbond substituents is 1. The van der Waals surface area contributed by atoms with Crippen LogP contribution in [0, 0.1) is 12.8 Å². The average molecular weight is 312 g/mol. The molecule has 0 fully saturated rings. The first-order valence-corrected chi connectivity index (χ1v) is 8.00. The Morgan fingerprint density at radius 3 is 2.04 bits per heavy atom. The number of hydrogen-bond donors (Lipinski definition) is 1. The Morgan fingerprint density at radius 2 is 1.52 bits per heavy atom. The predicted molar refractivity (Wildman–Crippen MR) is 92.5 cm³/mol. The first-order valence-electron chi connectivity index (χ1n) is 8.00. The van der Waals surface area contributed by atoms with Crippen LogP contribution in [0.1, 0.15) is 57.2 Å². The molecule has 3 heteroatoms. The second kappa shape index (κ2) is 6.15. The standard InChI is InChI=1S/C20H24O3/c1-10(2)14-8-16(12(5)7-18(14)21)17-9-15(11(3)4)20(23)19(22)13(17)6/h7-11,21H,1-6H3. The highest BCUT2D eigenvalue weighted by molar-refractivity contribution is 6.51. The Labute approximate surface area is 137 Å². The largest absolute Gasteiger partial charge is 0.508 e. The molecule has 1 aromatic carbocycles. The van der Waals surface area contributed by atoms with Gasteiger partial charge in [0.2, 0.25) is 11.6 Å². The highest BCUT2D eigenvalue weighted by Gasteiger charge is 2.29. The molecule has 0 saturated carbocycles. The first kappa shape index (κ1) is 17.2. The van der Waals surface area contributed by atoms with Crippen molar-refractivity contribution in [2.45, 2.75) is 47.5 Å². The van der Waals surface area contributed by atoms with Gasteiger partial charge < -0.3 is 5.11 Å². The zero-order valence-electron chi connectivity index (χ0n) is 14.7. The molecular formula is C20H24O3. The highest BCUT2D eigenvalue weighted by Crippen LogP contribution is 2.36. The summed E-state index contributed by atoms with van der Waals surface area (Å²) in [6, 6.07) is 3.67. The van der Waals surface area contributed by atoms with Crippen LogP contribution in [0.25, 0.3) is 5.57 Å². The van der Waals surface area contributed by atoms with Crippen LogP contribution in [0.5, 0.6) is 5.75 Å². The molecule has 1 aromatic rings. The summed E-state index contributed by atoms with van der Waals surface area (Å²) in [6.45, 7) is 11.5. The second-order valence-electron chi connectivity index (χ2n) is 6.83. The maximum absolute atomic E-state index is 12.3. The summed E-state index contributed by atoms with van der Waals surface area (Å²) in [7, 11) is 0. The maximum atomic E-state index is 12.3. The number of phenols is 1. The molecule has 122 valence electrons. The van der Waals surface area contributed by atoms with Crippen LogP contribution in [0.15, 0.2) is 29.4 Å². The van der Waals surface area contributed by atoms with Gasteiger partial charge in [0.1, 0.15) is 5.75 Å². The van der Waals surface area contributed by atoms with E-state index >= 15 is 0 Å². The summed E-state index contributed by atoms with van der Waals surface area (Å²) in [4.78, 5) is 24.5. The zero-order chi connectivity index (χ0) is 17.5. The van der Waals surface area contributed by atoms with Crippen molar-refractivity contribution >= 4 is 17.1 Å². The summed E-state index contributed by atoms with van der Waals surface area (Å²) >= 11 is 0. The lowest BCUT2D eigenvalue weighted by molar-refractivity contribution is -0.132. The summed E-state index contributed by atoms with van der Waals surface area (Å²) in [5.41, 5.74) is 4.45. The van der Waals surface area contributed by atoms with Gasteiger partial charge in [-0.05, 0) is 66.2 Å². The monoisotopic (exact) mass is 312 g/mol. The van der Waals surface area contributed by atoms with Gasteiger partial charge >= 0.3 is 0 Å². The normalized spacial score (nSPS) is 15.7. The highest BCUT2D eigenvalue weighted by atomic mass is 16.3. The van der Waals surface area contributed by atoms with Gasteiger partial charge in [-0.2, -0.15) is 0 Å². The summed E-state index contributed by atoms with van der Waals surface area (Å²) in [5, 5.41) is 10.1. The van der Waals surface area contributed by atoms with Crippen LogP contribution in [0.4, 0.5) is 0 Å². The van der Waals surface area contributed by atoms with E-state index in [1.54, 1.807) is 13.0 Å². The molecule has 2 rings (SSSR count). The number of benzene rings is 1. The van der Waals surface area contributed by atoms with Crippen molar-refractivity contribution in [1.29, 1.82) is 0 Å². The summed E-state index contributed by atoms with van der Waals surface area (Å²) in [6.07, 6.45) is 1.84. The van der Waals surface area contributed by atoms with Crippen LogP contribution in [0.2, 0.25) is 0 Å². The fourth-order valence-electron chi connectivity index (χ4n) is 2.92. The fraction of sp³-hybridized carbons (Fsp3) is 0.400. The van der Waals surface area contributed by atoms with E-state index in [2.05, 4.69) is 0 Å². The minimum absolute atomic E-state index is 0.00320. The van der Waals surface area contributed by atoms with E-state index in [1.807, 2.05) is 46.8 Å². The summed E-state index contributed by atoms with van der Waals surface area (Å²) in [5.74, 6) is -0.390. The van der Waals surface area contributed by atoms with Gasteiger partial charge in [-0.1, -0.05) is 27.7 Å². The number of aromatic hydroxyl groups is 1. The lowest BCUT2D eigenvalue weighted by Gasteiger charge is -2.21. The quantitative estimate of drug-likeness (QED) is 0.667. The van der Waals surface area contributed by atoms with Gasteiger partial charge in [0.05, 0.1) is 0 Å². The lowest BCUT2D eigenvalue weighted by Crippen LogP contribution is -2.24. The Balaban J connectivity index is 2.72. The molecule has 0 radical (unpaired) electrons. The van der Waals surface area contributed by atoms with E-state index in [0.717, 1.165) is 22.3 Å². The van der Waals surface area contributed by atoms with Crippen molar-refractivity contribution < 1.29 is 14.7 Å². The SMILES string of the molecule is CC1=C(c2cc(C(C)C)c(O)cc2C)C=C(C(C)C)C(=O)C1=O. The lowest BCUT2D eigenvalue weighted by atomic mass is 9.81. The molecule has 0 unspecified atom stereocenters. The third-order valence-corrected chi connectivity index (χ3v) is 4.42. The maximum Gasteiger partial charge on any atom is 0.229 e. The van der Waals surface area contributed by atoms with Crippen LogP contribution >= 0.6 is 0 Å². The number of hydrogen-bond acceptors (Lipinski definition) is 3. The van der Waals surface area contributed by atoms with Crippen LogP contribution in [0.3, 0.4) is 0 Å². The van der Waals surface area contributed by atoms with Gasteiger partial charge in [0, 0.05) is 11.1 Å². The van der Waals surface area contributed by atoms with E-state index in [4.69, 9.17) is 0 Å². The molecule has 23 heavy (non-hydrogen) atoms. The number of rotatable bonds is 3. The van der Waals surface area contributed by atoms with Crippen molar-refractivity contribution in [2.75, 3.05) is 0 Å². The fourth-order valence-corrected chi connectivity index (χ4v) is 2.92. The molecule has 1 aliphatic carbocycles. The third kappa shape index (κ3) is 3.00. The van der Waals surface area contributed by atoms with E-state index < -0.39 is 11.6 Å². The number of allylic oxidation sites excluding steroid dienone is 4. The molecule has 1 aliphatic rings. The number of ketones is 2. The van der Waals surface area contributed by atoms with E-state index in [1.165, 1.54) is 0 Å². The average Bonchev–Trinajstić information content (AvgIpc) is 2.45. The van der Waals surface area contributed by atoms with Crippen LogP contribution < -0.4 is 0 Å². The Bertz CT molecular complexity index is 746. The minimum Gasteiger partial charge on any atom is -0.508 e. The molecule has 0 aromatic heterocycles. The number of aryl methyl sites for hydroxylation is 1. The Morgan fingerprint density at radius 1 is 0.913 bits per heavy atom. The topological polar surface area (TPSA) is 54.4 Å². The summed E-state index contributed by atoms with van der Waals surface area (Å²) < 4.78 is 0. The van der Waals surface area contributed by atoms with E-state index in [0.29, 0.717) is 11.1 Å². The molecule has 3 nitrogen and oxygen atoms in total. The third-order valence-electron chi connectivity index (χ3n) is 4.42. The Hall–Kier alpha value is -2.16. The zero-order valence-corrected chi connectivity index (χ0v) is 14.7. The molecule has 0 aliphatic heterocycles. The molecule has 0 atom stereocenters. The van der Waals surface area contributed by atoms with Gasteiger partial charge in [-0.15, -0.1) is 0 Å². The van der Waals surface area contributed by atoms with Crippen LogP contribution in [-0.4, -0.2) is 16.7 Å². The van der Waals surface area contributed by atoms with Gasteiger partial charge in [0.25, 0.3) is 0 Å². The molecule has 0 amide bonds. The first-order chi connectivity index (χ1) is 10.6. The van der Waals surface area contributed by atoms with Crippen molar-refractivity contribution in [3.63, 3.8) is 0 Å². The van der Waals surface area contributed by atoms with E-state index in [9.17, 15) is 14.7 Å². The molecule has 0 heterocycles. The molecule has 1 N–H and O–H groups in total. The number of carbonyl (C=O) groups is 2. The molecule has 0 bridgehead atoms. The number of Topliss-reactive ketones (excluding diaryl/α,β-unsaturated/α-hetero) is 2. The van der Waals surface area contributed by atoms with Crippen molar-refractivity contribution in [3.05, 3.63) is 46.0 Å². The minimum atomic E-state index is -0.426.